The second kappa shape index (κ2) is 7.99. The van der Waals surface area contributed by atoms with Crippen molar-refractivity contribution in [3.05, 3.63) is 0 Å². The lowest BCUT2D eigenvalue weighted by molar-refractivity contribution is -0.125. The predicted octanol–water partition coefficient (Wildman–Crippen LogP) is 1.25. The first-order chi connectivity index (χ1) is 7.34. The molecule has 0 aliphatic carbocycles. The highest BCUT2D eigenvalue weighted by Gasteiger charge is 2.19. The summed E-state index contributed by atoms with van der Waals surface area (Å²) in [6.45, 7) is 2.77. The van der Waals surface area contributed by atoms with Crippen molar-refractivity contribution in [2.75, 3.05) is 31.6 Å². The maximum atomic E-state index is 11.7. The molecule has 1 aliphatic rings. The zero-order valence-electron chi connectivity index (χ0n) is 9.55. The van der Waals surface area contributed by atoms with Crippen LogP contribution in [0.15, 0.2) is 0 Å². The normalized spacial score (nSPS) is 21.3. The van der Waals surface area contributed by atoms with E-state index in [9.17, 15) is 4.79 Å². The predicted molar refractivity (Wildman–Crippen MR) is 66.2 cm³/mol. The van der Waals surface area contributed by atoms with Crippen LogP contribution in [0, 0.1) is 5.92 Å². The maximum absolute atomic E-state index is 11.7. The molecule has 1 aliphatic heterocycles. The van der Waals surface area contributed by atoms with Gasteiger partial charge in [-0.2, -0.15) is 11.8 Å². The van der Waals surface area contributed by atoms with Gasteiger partial charge in [-0.1, -0.05) is 0 Å². The van der Waals surface area contributed by atoms with Gasteiger partial charge in [-0.05, 0) is 44.2 Å². The van der Waals surface area contributed by atoms with Gasteiger partial charge >= 0.3 is 0 Å². The third-order valence-corrected chi connectivity index (χ3v) is 3.44. The van der Waals surface area contributed by atoms with E-state index in [2.05, 4.69) is 16.9 Å². The first-order valence-electron chi connectivity index (χ1n) is 5.82. The zero-order chi connectivity index (χ0) is 10.9. The highest BCUT2D eigenvalue weighted by Crippen LogP contribution is 2.09. The van der Waals surface area contributed by atoms with Gasteiger partial charge in [-0.15, -0.1) is 0 Å². The summed E-state index contributed by atoms with van der Waals surface area (Å²) >= 11 is 1.87. The highest BCUT2D eigenvalue weighted by atomic mass is 32.2. The number of nitrogens with one attached hydrogen (secondary N) is 2. The number of thioether (sulfide) groups is 1. The van der Waals surface area contributed by atoms with Crippen molar-refractivity contribution >= 4 is 17.7 Å². The Morgan fingerprint density at radius 1 is 1.53 bits per heavy atom. The number of unbranched alkanes of at least 4 members (excludes halogenated alkanes) is 1. The summed E-state index contributed by atoms with van der Waals surface area (Å²) in [7, 11) is 0. The van der Waals surface area contributed by atoms with E-state index in [4.69, 9.17) is 0 Å². The zero-order valence-corrected chi connectivity index (χ0v) is 10.4. The van der Waals surface area contributed by atoms with Gasteiger partial charge < -0.3 is 10.6 Å². The van der Waals surface area contributed by atoms with Crippen LogP contribution in [0.25, 0.3) is 0 Å². The van der Waals surface area contributed by atoms with Crippen molar-refractivity contribution in [3.63, 3.8) is 0 Å². The number of hydrogen-bond acceptors (Lipinski definition) is 3. The fraction of sp³-hybridized carbons (Fsp3) is 0.909. The van der Waals surface area contributed by atoms with Gasteiger partial charge in [0.1, 0.15) is 0 Å². The molecule has 3 nitrogen and oxygen atoms in total. The second-order valence-electron chi connectivity index (χ2n) is 4.03. The molecule has 0 unspecified atom stereocenters. The van der Waals surface area contributed by atoms with Crippen LogP contribution in [0.3, 0.4) is 0 Å². The molecule has 0 spiro atoms. The van der Waals surface area contributed by atoms with Gasteiger partial charge in [0.05, 0.1) is 5.92 Å². The smallest absolute Gasteiger partial charge is 0.224 e. The molecule has 2 N–H and O–H groups in total. The van der Waals surface area contributed by atoms with Crippen LogP contribution in [0.1, 0.15) is 25.7 Å². The number of piperidine rings is 1. The molecule has 0 saturated carbocycles. The lowest BCUT2D eigenvalue weighted by atomic mass is 9.99. The minimum absolute atomic E-state index is 0.208. The van der Waals surface area contributed by atoms with Crippen LogP contribution in [0.4, 0.5) is 0 Å². The van der Waals surface area contributed by atoms with Gasteiger partial charge in [0, 0.05) is 13.1 Å². The van der Waals surface area contributed by atoms with Crippen molar-refractivity contribution in [1.82, 2.24) is 10.6 Å². The summed E-state index contributed by atoms with van der Waals surface area (Å²) in [6, 6.07) is 0. The lowest BCUT2D eigenvalue weighted by Crippen LogP contribution is -2.40. The average molecular weight is 230 g/mol. The summed E-state index contributed by atoms with van der Waals surface area (Å²) in [5.74, 6) is 1.64. The van der Waals surface area contributed by atoms with Crippen LogP contribution in [0.5, 0.6) is 0 Å². The lowest BCUT2D eigenvalue weighted by Gasteiger charge is -2.21. The number of hydrogen-bond donors (Lipinski definition) is 2. The van der Waals surface area contributed by atoms with Crippen molar-refractivity contribution in [3.8, 4) is 0 Å². The minimum Gasteiger partial charge on any atom is -0.356 e. The molecule has 0 radical (unpaired) electrons. The van der Waals surface area contributed by atoms with E-state index in [1.54, 1.807) is 0 Å². The van der Waals surface area contributed by atoms with Gasteiger partial charge in [-0.25, -0.2) is 0 Å². The standard InChI is InChI=1S/C11H22N2OS/c1-15-8-3-2-7-13-11(14)10-5-4-6-12-9-10/h10,12H,2-9H2,1H3,(H,13,14)/t10-/m1/s1. The average Bonchev–Trinajstić information content (AvgIpc) is 2.30. The Balaban J connectivity index is 2.02. The Morgan fingerprint density at radius 3 is 3.07 bits per heavy atom. The van der Waals surface area contributed by atoms with Crippen LogP contribution < -0.4 is 10.6 Å². The van der Waals surface area contributed by atoms with Gasteiger partial charge in [0.2, 0.25) is 5.91 Å². The van der Waals surface area contributed by atoms with Crippen molar-refractivity contribution < 1.29 is 4.79 Å². The Morgan fingerprint density at radius 2 is 2.40 bits per heavy atom. The van der Waals surface area contributed by atoms with Gasteiger partial charge in [0.25, 0.3) is 0 Å². The molecule has 0 aromatic rings. The van der Waals surface area contributed by atoms with E-state index in [1.807, 2.05) is 11.8 Å². The largest absolute Gasteiger partial charge is 0.356 e. The van der Waals surface area contributed by atoms with Crippen LogP contribution >= 0.6 is 11.8 Å². The van der Waals surface area contributed by atoms with Gasteiger partial charge in [0.15, 0.2) is 0 Å². The summed E-state index contributed by atoms with van der Waals surface area (Å²) in [5, 5.41) is 6.29. The molecule has 1 rings (SSSR count). The fourth-order valence-electron chi connectivity index (χ4n) is 1.80. The molecule has 1 fully saturated rings. The maximum Gasteiger partial charge on any atom is 0.224 e. The fourth-order valence-corrected chi connectivity index (χ4v) is 2.30. The van der Waals surface area contributed by atoms with Crippen LogP contribution in [0.2, 0.25) is 0 Å². The summed E-state index contributed by atoms with van der Waals surface area (Å²) in [4.78, 5) is 11.7. The van der Waals surface area contributed by atoms with Crippen LogP contribution in [-0.4, -0.2) is 37.6 Å². The summed E-state index contributed by atoms with van der Waals surface area (Å²) in [6.07, 6.45) is 6.59. The molecule has 0 aromatic carbocycles. The highest BCUT2D eigenvalue weighted by molar-refractivity contribution is 7.98. The van der Waals surface area contributed by atoms with E-state index in [0.717, 1.165) is 38.9 Å². The Bertz CT molecular complexity index is 181. The first kappa shape index (κ1) is 12.8. The van der Waals surface area contributed by atoms with Crippen molar-refractivity contribution in [2.24, 2.45) is 5.92 Å². The van der Waals surface area contributed by atoms with E-state index < -0.39 is 0 Å². The van der Waals surface area contributed by atoms with E-state index in [0.29, 0.717) is 0 Å². The molecule has 88 valence electrons. The monoisotopic (exact) mass is 230 g/mol. The molecule has 1 heterocycles. The Labute approximate surface area is 96.8 Å². The number of carbonyl (C=O) groups is 1. The minimum atomic E-state index is 0.208. The Hall–Kier alpha value is -0.220. The Kier molecular flexibility index (Phi) is 6.85. The first-order valence-corrected chi connectivity index (χ1v) is 7.21. The van der Waals surface area contributed by atoms with E-state index >= 15 is 0 Å². The number of carbonyl (C=O) groups excluding carboxylic acids is 1. The molecule has 0 aromatic heterocycles. The third-order valence-electron chi connectivity index (χ3n) is 2.74. The SMILES string of the molecule is CSCCCCNC(=O)[C@@H]1CCCNC1. The topological polar surface area (TPSA) is 41.1 Å². The van der Waals surface area contributed by atoms with Gasteiger partial charge in [-0.3, -0.25) is 4.79 Å². The second-order valence-corrected chi connectivity index (χ2v) is 5.02. The quantitative estimate of drug-likeness (QED) is 0.675. The molecule has 4 heteroatoms. The molecule has 0 bridgehead atoms. The number of amides is 1. The molecule has 1 amide bonds. The number of rotatable bonds is 6. The summed E-state index contributed by atoms with van der Waals surface area (Å²) in [5.41, 5.74) is 0. The molecule has 1 saturated heterocycles. The van der Waals surface area contributed by atoms with Crippen molar-refractivity contribution in [2.45, 2.75) is 25.7 Å². The third kappa shape index (κ3) is 5.42. The van der Waals surface area contributed by atoms with E-state index in [-0.39, 0.29) is 11.8 Å². The summed E-state index contributed by atoms with van der Waals surface area (Å²) < 4.78 is 0. The molecular weight excluding hydrogens is 208 g/mol. The molecule has 15 heavy (non-hydrogen) atoms. The van der Waals surface area contributed by atoms with E-state index in [1.165, 1.54) is 12.2 Å². The molecular formula is C11H22N2OS. The molecule has 1 atom stereocenters. The van der Waals surface area contributed by atoms with Crippen molar-refractivity contribution in [1.29, 1.82) is 0 Å². The van der Waals surface area contributed by atoms with Crippen LogP contribution in [-0.2, 0) is 4.79 Å².